The summed E-state index contributed by atoms with van der Waals surface area (Å²) in [7, 11) is 0. The van der Waals surface area contributed by atoms with Crippen molar-refractivity contribution in [2.75, 3.05) is 6.61 Å². The second kappa shape index (κ2) is 3.55. The molecule has 0 unspecified atom stereocenters. The van der Waals surface area contributed by atoms with E-state index in [2.05, 4.69) is 32.6 Å². The molecule has 2 aliphatic carbocycles. The van der Waals surface area contributed by atoms with Gasteiger partial charge < -0.3 is 4.74 Å². The maximum absolute atomic E-state index is 12.5. The highest BCUT2D eigenvalue weighted by Gasteiger charge is 2.60. The minimum absolute atomic E-state index is 0.213. The molecular weight excluding hydrogens is 212 g/mol. The summed E-state index contributed by atoms with van der Waals surface area (Å²) in [6.07, 6.45) is 6.00. The van der Waals surface area contributed by atoms with Crippen LogP contribution in [0.25, 0.3) is 0 Å². The second-order valence-corrected chi connectivity index (χ2v) is 6.09. The number of allylic oxidation sites excluding steroid dienone is 1. The monoisotopic (exact) mass is 232 g/mol. The predicted molar refractivity (Wildman–Crippen MR) is 66.5 cm³/mol. The van der Waals surface area contributed by atoms with Crippen molar-refractivity contribution in [3.8, 4) is 0 Å². The van der Waals surface area contributed by atoms with Crippen molar-refractivity contribution in [1.29, 1.82) is 0 Å². The van der Waals surface area contributed by atoms with E-state index >= 15 is 0 Å². The molecule has 0 aromatic rings. The van der Waals surface area contributed by atoms with E-state index in [1.54, 1.807) is 0 Å². The zero-order valence-corrected chi connectivity index (χ0v) is 10.6. The normalized spacial score (nSPS) is 44.3. The SMILES string of the molecule is C=C1CC=C[C@@]23CO[C@@H]([C@@H]12)[C@H](C(C)C)CC3=O. The van der Waals surface area contributed by atoms with Crippen molar-refractivity contribution >= 4 is 5.78 Å². The molecule has 0 aromatic heterocycles. The third kappa shape index (κ3) is 1.33. The average Bonchev–Trinajstić information content (AvgIpc) is 2.61. The highest BCUT2D eigenvalue weighted by Crippen LogP contribution is 2.55. The van der Waals surface area contributed by atoms with E-state index in [4.69, 9.17) is 4.74 Å². The predicted octanol–water partition coefficient (Wildman–Crippen LogP) is 2.75. The first-order valence-corrected chi connectivity index (χ1v) is 6.56. The number of rotatable bonds is 1. The molecule has 2 bridgehead atoms. The third-order valence-electron chi connectivity index (χ3n) is 4.85. The highest BCUT2D eigenvalue weighted by molar-refractivity contribution is 5.90. The first-order valence-electron chi connectivity index (χ1n) is 6.56. The first kappa shape index (κ1) is 11.2. The summed E-state index contributed by atoms with van der Waals surface area (Å²) in [5, 5.41) is 0. The Morgan fingerprint density at radius 3 is 3.00 bits per heavy atom. The third-order valence-corrected chi connectivity index (χ3v) is 4.85. The number of hydrogen-bond acceptors (Lipinski definition) is 2. The topological polar surface area (TPSA) is 26.3 Å². The molecule has 2 heteroatoms. The second-order valence-electron chi connectivity index (χ2n) is 6.09. The summed E-state index contributed by atoms with van der Waals surface area (Å²) in [6, 6.07) is 0. The van der Waals surface area contributed by atoms with Gasteiger partial charge in [-0.15, -0.1) is 0 Å². The lowest BCUT2D eigenvalue weighted by molar-refractivity contribution is -0.131. The quantitative estimate of drug-likeness (QED) is 0.650. The van der Waals surface area contributed by atoms with E-state index in [0.29, 0.717) is 30.6 Å². The Labute approximate surface area is 103 Å². The summed E-state index contributed by atoms with van der Waals surface area (Å²) < 4.78 is 6.00. The van der Waals surface area contributed by atoms with Gasteiger partial charge in [0.2, 0.25) is 0 Å². The summed E-state index contributed by atoms with van der Waals surface area (Å²) in [4.78, 5) is 12.5. The van der Waals surface area contributed by atoms with E-state index < -0.39 is 0 Å². The van der Waals surface area contributed by atoms with E-state index in [1.165, 1.54) is 5.57 Å². The van der Waals surface area contributed by atoms with Gasteiger partial charge in [-0.3, -0.25) is 4.79 Å². The summed E-state index contributed by atoms with van der Waals surface area (Å²) in [5.41, 5.74) is 0.833. The van der Waals surface area contributed by atoms with Crippen LogP contribution in [0.2, 0.25) is 0 Å². The Morgan fingerprint density at radius 1 is 1.53 bits per heavy atom. The fourth-order valence-electron chi connectivity index (χ4n) is 3.86. The smallest absolute Gasteiger partial charge is 0.146 e. The van der Waals surface area contributed by atoms with Gasteiger partial charge in [-0.25, -0.2) is 0 Å². The molecule has 2 fully saturated rings. The lowest BCUT2D eigenvalue weighted by Gasteiger charge is -2.43. The Morgan fingerprint density at radius 2 is 2.29 bits per heavy atom. The van der Waals surface area contributed by atoms with Crippen molar-refractivity contribution in [1.82, 2.24) is 0 Å². The maximum atomic E-state index is 12.5. The van der Waals surface area contributed by atoms with Crippen molar-refractivity contribution in [3.63, 3.8) is 0 Å². The fourth-order valence-corrected chi connectivity index (χ4v) is 3.86. The fraction of sp³-hybridized carbons (Fsp3) is 0.667. The Hall–Kier alpha value is -0.890. The van der Waals surface area contributed by atoms with Gasteiger partial charge >= 0.3 is 0 Å². The van der Waals surface area contributed by atoms with E-state index in [0.717, 1.165) is 6.42 Å². The molecule has 1 saturated carbocycles. The van der Waals surface area contributed by atoms with Gasteiger partial charge in [0, 0.05) is 12.3 Å². The van der Waals surface area contributed by atoms with Gasteiger partial charge in [0.25, 0.3) is 0 Å². The van der Waals surface area contributed by atoms with Crippen LogP contribution in [0.4, 0.5) is 0 Å². The number of ether oxygens (including phenoxy) is 1. The molecule has 2 nitrogen and oxygen atoms in total. The zero-order chi connectivity index (χ0) is 12.2. The van der Waals surface area contributed by atoms with Crippen molar-refractivity contribution < 1.29 is 9.53 Å². The Kier molecular flexibility index (Phi) is 2.34. The molecular formula is C15H20O2. The summed E-state index contributed by atoms with van der Waals surface area (Å²) >= 11 is 0. The van der Waals surface area contributed by atoms with Crippen LogP contribution in [0.5, 0.6) is 0 Å². The standard InChI is InChI=1S/C15H20O2/c1-9(2)11-7-12(16)15-6-4-5-10(3)13(15)14(11)17-8-15/h4,6,9,11,13-14H,3,5,7-8H2,1-2H3/t11-,13+,14+,15-/m0/s1. The van der Waals surface area contributed by atoms with Gasteiger partial charge in [-0.05, 0) is 18.3 Å². The molecule has 3 aliphatic rings. The number of Topliss-reactive ketones (excluding diaryl/α,β-unsaturated/α-hetero) is 1. The zero-order valence-electron chi connectivity index (χ0n) is 10.6. The first-order chi connectivity index (χ1) is 8.06. The molecule has 17 heavy (non-hydrogen) atoms. The van der Waals surface area contributed by atoms with Crippen molar-refractivity contribution in [3.05, 3.63) is 24.3 Å². The van der Waals surface area contributed by atoms with Gasteiger partial charge in [-0.1, -0.05) is 38.2 Å². The van der Waals surface area contributed by atoms with Crippen LogP contribution in [-0.2, 0) is 9.53 Å². The molecule has 0 spiro atoms. The van der Waals surface area contributed by atoms with Crippen LogP contribution in [-0.4, -0.2) is 18.5 Å². The number of hydrogen-bond donors (Lipinski definition) is 0. The molecule has 4 atom stereocenters. The maximum Gasteiger partial charge on any atom is 0.146 e. The van der Waals surface area contributed by atoms with Crippen LogP contribution in [0.3, 0.4) is 0 Å². The van der Waals surface area contributed by atoms with Crippen LogP contribution in [0.1, 0.15) is 26.7 Å². The average molecular weight is 232 g/mol. The number of ketones is 1. The minimum atomic E-state index is -0.356. The number of carbonyl (C=O) groups is 1. The van der Waals surface area contributed by atoms with Gasteiger partial charge in [0.1, 0.15) is 5.78 Å². The molecule has 92 valence electrons. The van der Waals surface area contributed by atoms with E-state index in [1.807, 2.05) is 0 Å². The van der Waals surface area contributed by atoms with Gasteiger partial charge in [0.15, 0.2) is 0 Å². The summed E-state index contributed by atoms with van der Waals surface area (Å²) in [6.45, 7) is 9.13. The van der Waals surface area contributed by atoms with Gasteiger partial charge in [-0.2, -0.15) is 0 Å². The number of carbonyl (C=O) groups excluding carboxylic acids is 1. The molecule has 0 N–H and O–H groups in total. The van der Waals surface area contributed by atoms with E-state index in [-0.39, 0.29) is 17.4 Å². The van der Waals surface area contributed by atoms with Crippen LogP contribution < -0.4 is 0 Å². The Balaban J connectivity index is 2.06. The lowest BCUT2D eigenvalue weighted by Crippen LogP contribution is -2.49. The van der Waals surface area contributed by atoms with Crippen molar-refractivity contribution in [2.45, 2.75) is 32.8 Å². The Bertz CT molecular complexity index is 407. The van der Waals surface area contributed by atoms with Crippen LogP contribution in [0, 0.1) is 23.2 Å². The molecule has 1 saturated heterocycles. The molecule has 1 aliphatic heterocycles. The van der Waals surface area contributed by atoms with Gasteiger partial charge in [0.05, 0.1) is 18.1 Å². The molecule has 0 aromatic carbocycles. The lowest BCUT2D eigenvalue weighted by atomic mass is 9.57. The van der Waals surface area contributed by atoms with Crippen LogP contribution in [0.15, 0.2) is 24.3 Å². The van der Waals surface area contributed by atoms with Crippen molar-refractivity contribution in [2.24, 2.45) is 23.2 Å². The molecule has 3 rings (SSSR count). The summed E-state index contributed by atoms with van der Waals surface area (Å²) in [5.74, 6) is 1.47. The molecule has 0 radical (unpaired) electrons. The molecule has 0 amide bonds. The van der Waals surface area contributed by atoms with E-state index in [9.17, 15) is 4.79 Å². The minimum Gasteiger partial charge on any atom is -0.376 e. The van der Waals surface area contributed by atoms with Crippen LogP contribution >= 0.6 is 0 Å². The molecule has 1 heterocycles. The highest BCUT2D eigenvalue weighted by atomic mass is 16.5. The largest absolute Gasteiger partial charge is 0.376 e.